The molecule has 1 fully saturated rings. The SMILES string of the molecule is CC(Sc1nnc(Cc2cccs2)n1C1CC1)c1ccc(F)cc1. The zero-order valence-electron chi connectivity index (χ0n) is 13.4. The van der Waals surface area contributed by atoms with Crippen LogP contribution in [0.2, 0.25) is 0 Å². The highest BCUT2D eigenvalue weighted by atomic mass is 32.2. The van der Waals surface area contributed by atoms with Crippen LogP contribution in [0, 0.1) is 5.82 Å². The summed E-state index contributed by atoms with van der Waals surface area (Å²) < 4.78 is 15.4. The van der Waals surface area contributed by atoms with Gasteiger partial charge in [-0.3, -0.25) is 0 Å². The zero-order valence-corrected chi connectivity index (χ0v) is 15.0. The lowest BCUT2D eigenvalue weighted by molar-refractivity contribution is 0.626. The molecule has 0 aliphatic heterocycles. The second-order valence-electron chi connectivity index (χ2n) is 6.07. The topological polar surface area (TPSA) is 30.7 Å². The van der Waals surface area contributed by atoms with Crippen LogP contribution in [0.4, 0.5) is 4.39 Å². The molecule has 1 atom stereocenters. The number of hydrogen-bond acceptors (Lipinski definition) is 4. The first-order chi connectivity index (χ1) is 11.7. The van der Waals surface area contributed by atoms with Crippen molar-refractivity contribution in [2.45, 2.75) is 42.6 Å². The quantitative estimate of drug-likeness (QED) is 0.563. The molecule has 2 aromatic heterocycles. The van der Waals surface area contributed by atoms with Crippen LogP contribution in [-0.4, -0.2) is 14.8 Å². The molecule has 24 heavy (non-hydrogen) atoms. The number of hydrogen-bond donors (Lipinski definition) is 0. The molecule has 3 nitrogen and oxygen atoms in total. The Morgan fingerprint density at radius 3 is 2.71 bits per heavy atom. The molecule has 0 bridgehead atoms. The van der Waals surface area contributed by atoms with E-state index in [4.69, 9.17) is 0 Å². The van der Waals surface area contributed by atoms with Gasteiger partial charge >= 0.3 is 0 Å². The monoisotopic (exact) mass is 359 g/mol. The minimum absolute atomic E-state index is 0.199. The van der Waals surface area contributed by atoms with Gasteiger partial charge in [-0.2, -0.15) is 0 Å². The maximum atomic E-state index is 13.1. The first-order valence-electron chi connectivity index (χ1n) is 8.09. The second kappa shape index (κ2) is 6.69. The van der Waals surface area contributed by atoms with Gasteiger partial charge in [0.2, 0.25) is 0 Å². The molecule has 0 spiro atoms. The van der Waals surface area contributed by atoms with Crippen LogP contribution in [0.1, 0.15) is 47.3 Å². The number of thiophene rings is 1. The van der Waals surface area contributed by atoms with Gasteiger partial charge in [-0.1, -0.05) is 30.0 Å². The van der Waals surface area contributed by atoms with Crippen molar-refractivity contribution in [3.63, 3.8) is 0 Å². The van der Waals surface area contributed by atoms with E-state index >= 15 is 0 Å². The van der Waals surface area contributed by atoms with Gasteiger partial charge in [-0.25, -0.2) is 4.39 Å². The van der Waals surface area contributed by atoms with E-state index in [1.807, 2.05) is 12.1 Å². The summed E-state index contributed by atoms with van der Waals surface area (Å²) in [6, 6.07) is 11.5. The molecular formula is C18H18FN3S2. The Labute approximate surface area is 148 Å². The lowest BCUT2D eigenvalue weighted by Gasteiger charge is -2.13. The summed E-state index contributed by atoms with van der Waals surface area (Å²) in [5.74, 6) is 0.851. The zero-order chi connectivity index (χ0) is 16.5. The Kier molecular flexibility index (Phi) is 4.41. The van der Waals surface area contributed by atoms with Crippen LogP contribution in [0.3, 0.4) is 0 Å². The minimum atomic E-state index is -0.199. The smallest absolute Gasteiger partial charge is 0.192 e. The Morgan fingerprint density at radius 1 is 1.25 bits per heavy atom. The standard InChI is InChI=1S/C18H18FN3S2/c1-12(13-4-6-14(19)7-5-13)24-18-21-20-17(22(18)15-8-9-15)11-16-3-2-10-23-16/h2-7,10,12,15H,8-9,11H2,1H3. The summed E-state index contributed by atoms with van der Waals surface area (Å²) in [6.45, 7) is 2.13. The van der Waals surface area contributed by atoms with Gasteiger partial charge in [-0.05, 0) is 48.9 Å². The van der Waals surface area contributed by atoms with Gasteiger partial charge in [0.1, 0.15) is 11.6 Å². The molecular weight excluding hydrogens is 341 g/mol. The Balaban J connectivity index is 1.56. The second-order valence-corrected chi connectivity index (χ2v) is 8.41. The molecule has 1 aliphatic carbocycles. The lowest BCUT2D eigenvalue weighted by atomic mass is 10.2. The summed E-state index contributed by atoms with van der Waals surface area (Å²) in [4.78, 5) is 1.31. The highest BCUT2D eigenvalue weighted by Crippen LogP contribution is 2.42. The number of aromatic nitrogens is 3. The van der Waals surface area contributed by atoms with Crippen molar-refractivity contribution in [1.29, 1.82) is 0 Å². The van der Waals surface area contributed by atoms with Crippen LogP contribution in [0.25, 0.3) is 0 Å². The van der Waals surface area contributed by atoms with Crippen LogP contribution >= 0.6 is 23.1 Å². The van der Waals surface area contributed by atoms with E-state index in [1.54, 1.807) is 23.1 Å². The average molecular weight is 359 g/mol. The fourth-order valence-corrected chi connectivity index (χ4v) is 4.50. The fraction of sp³-hybridized carbons (Fsp3) is 0.333. The molecule has 124 valence electrons. The van der Waals surface area contributed by atoms with Crippen molar-refractivity contribution in [2.75, 3.05) is 0 Å². The third kappa shape index (κ3) is 3.39. The Hall–Kier alpha value is -1.66. The van der Waals surface area contributed by atoms with Crippen LogP contribution < -0.4 is 0 Å². The molecule has 6 heteroatoms. The molecule has 0 amide bonds. The first-order valence-corrected chi connectivity index (χ1v) is 9.85. The predicted octanol–water partition coefficient (Wildman–Crippen LogP) is 5.26. The molecule has 1 aliphatic rings. The molecule has 1 saturated carbocycles. The van der Waals surface area contributed by atoms with E-state index in [-0.39, 0.29) is 11.1 Å². The third-order valence-corrected chi connectivity index (χ3v) is 6.17. The Bertz CT molecular complexity index is 807. The maximum absolute atomic E-state index is 13.1. The predicted molar refractivity (Wildman–Crippen MR) is 96.1 cm³/mol. The van der Waals surface area contributed by atoms with E-state index in [9.17, 15) is 4.39 Å². The summed E-state index contributed by atoms with van der Waals surface area (Å²) in [5.41, 5.74) is 1.10. The van der Waals surface area contributed by atoms with Gasteiger partial charge in [0.25, 0.3) is 0 Å². The van der Waals surface area contributed by atoms with Gasteiger partial charge in [-0.15, -0.1) is 21.5 Å². The fourth-order valence-electron chi connectivity index (χ4n) is 2.74. The molecule has 4 rings (SSSR count). The van der Waals surface area contributed by atoms with Crippen LogP contribution in [-0.2, 0) is 6.42 Å². The van der Waals surface area contributed by atoms with Gasteiger partial charge in [0, 0.05) is 22.6 Å². The van der Waals surface area contributed by atoms with Gasteiger partial charge in [0.15, 0.2) is 5.16 Å². The highest BCUT2D eigenvalue weighted by molar-refractivity contribution is 7.99. The van der Waals surface area contributed by atoms with Crippen molar-refractivity contribution in [1.82, 2.24) is 14.8 Å². The highest BCUT2D eigenvalue weighted by Gasteiger charge is 2.30. The minimum Gasteiger partial charge on any atom is -0.303 e. The van der Waals surface area contributed by atoms with Crippen molar-refractivity contribution < 1.29 is 4.39 Å². The van der Waals surface area contributed by atoms with Crippen LogP contribution in [0.5, 0.6) is 0 Å². The summed E-state index contributed by atoms with van der Waals surface area (Å²) >= 11 is 3.46. The summed E-state index contributed by atoms with van der Waals surface area (Å²) in [5, 5.41) is 12.2. The van der Waals surface area contributed by atoms with E-state index in [2.05, 4.69) is 39.2 Å². The molecule has 0 N–H and O–H groups in total. The van der Waals surface area contributed by atoms with Gasteiger partial charge < -0.3 is 4.57 Å². The summed E-state index contributed by atoms with van der Waals surface area (Å²) in [6.07, 6.45) is 3.24. The van der Waals surface area contributed by atoms with Gasteiger partial charge in [0.05, 0.1) is 0 Å². The summed E-state index contributed by atoms with van der Waals surface area (Å²) in [7, 11) is 0. The molecule has 0 radical (unpaired) electrons. The largest absolute Gasteiger partial charge is 0.303 e. The van der Waals surface area contributed by atoms with E-state index in [0.717, 1.165) is 23.0 Å². The van der Waals surface area contributed by atoms with Crippen molar-refractivity contribution in [2.24, 2.45) is 0 Å². The van der Waals surface area contributed by atoms with Crippen molar-refractivity contribution >= 4 is 23.1 Å². The molecule has 1 aromatic carbocycles. The molecule has 0 saturated heterocycles. The number of rotatable bonds is 6. The van der Waals surface area contributed by atoms with Crippen LogP contribution in [0.15, 0.2) is 46.9 Å². The van der Waals surface area contributed by atoms with E-state index in [1.165, 1.54) is 29.9 Å². The number of thioether (sulfide) groups is 1. The number of halogens is 1. The molecule has 2 heterocycles. The van der Waals surface area contributed by atoms with Crippen molar-refractivity contribution in [3.05, 3.63) is 63.9 Å². The maximum Gasteiger partial charge on any atom is 0.192 e. The van der Waals surface area contributed by atoms with Crippen molar-refractivity contribution in [3.8, 4) is 0 Å². The molecule has 1 unspecified atom stereocenters. The van der Waals surface area contributed by atoms with E-state index < -0.39 is 0 Å². The third-order valence-electron chi connectivity index (χ3n) is 4.18. The lowest BCUT2D eigenvalue weighted by Crippen LogP contribution is -2.04. The number of benzene rings is 1. The van der Waals surface area contributed by atoms with E-state index in [0.29, 0.717) is 6.04 Å². The average Bonchev–Trinajstić information content (AvgIpc) is 3.13. The number of nitrogens with zero attached hydrogens (tertiary/aromatic N) is 3. The normalized spacial score (nSPS) is 15.6. The molecule has 3 aromatic rings. The first kappa shape index (κ1) is 15.8. The Morgan fingerprint density at radius 2 is 2.04 bits per heavy atom.